The van der Waals surface area contributed by atoms with Crippen LogP contribution in [-0.4, -0.2) is 28.8 Å². The second-order valence-electron chi connectivity index (χ2n) is 2.65. The normalized spacial score (nSPS) is 10.4. The van der Waals surface area contributed by atoms with E-state index in [0.717, 1.165) is 0 Å². The number of ether oxygens (including phenoxy) is 2. The molecule has 2 heterocycles. The van der Waals surface area contributed by atoms with Crippen molar-refractivity contribution < 1.29 is 9.47 Å². The molecule has 0 amide bonds. The van der Waals surface area contributed by atoms with Crippen LogP contribution in [0.5, 0.6) is 11.8 Å². The Morgan fingerprint density at radius 1 is 1.36 bits per heavy atom. The summed E-state index contributed by atoms with van der Waals surface area (Å²) in [5, 5.41) is 4.08. The van der Waals surface area contributed by atoms with Crippen molar-refractivity contribution in [3.8, 4) is 11.8 Å². The van der Waals surface area contributed by atoms with Crippen LogP contribution in [0.3, 0.4) is 0 Å². The predicted molar refractivity (Wildman–Crippen MR) is 50.5 cm³/mol. The molecule has 74 valence electrons. The van der Waals surface area contributed by atoms with E-state index in [1.165, 1.54) is 11.6 Å². The van der Waals surface area contributed by atoms with Gasteiger partial charge in [-0.1, -0.05) is 0 Å². The second-order valence-corrected chi connectivity index (χ2v) is 2.65. The van der Waals surface area contributed by atoms with Crippen molar-refractivity contribution in [2.45, 2.75) is 0 Å². The molecule has 0 saturated heterocycles. The van der Waals surface area contributed by atoms with Gasteiger partial charge in [0.2, 0.25) is 5.88 Å². The number of fused-ring (bicyclic) bond motifs is 1. The van der Waals surface area contributed by atoms with Crippen LogP contribution in [0, 0.1) is 0 Å². The summed E-state index contributed by atoms with van der Waals surface area (Å²) >= 11 is 0. The Balaban J connectivity index is 2.77. The van der Waals surface area contributed by atoms with E-state index in [4.69, 9.17) is 15.2 Å². The molecule has 0 aliphatic rings. The predicted octanol–water partition coefficient (Wildman–Crippen LogP) is 0.329. The summed E-state index contributed by atoms with van der Waals surface area (Å²) in [6.45, 7) is 0. The highest BCUT2D eigenvalue weighted by molar-refractivity contribution is 5.70. The molecule has 2 rings (SSSR count). The van der Waals surface area contributed by atoms with Gasteiger partial charge in [-0.25, -0.2) is 4.98 Å². The molecule has 0 aliphatic carbocycles. The van der Waals surface area contributed by atoms with E-state index in [9.17, 15) is 0 Å². The van der Waals surface area contributed by atoms with Crippen LogP contribution >= 0.6 is 0 Å². The fourth-order valence-corrected chi connectivity index (χ4v) is 1.23. The van der Waals surface area contributed by atoms with Gasteiger partial charge in [0.05, 0.1) is 14.2 Å². The molecule has 2 aromatic heterocycles. The summed E-state index contributed by atoms with van der Waals surface area (Å²) < 4.78 is 11.6. The molecule has 0 saturated carbocycles. The number of aromatic nitrogens is 3. The standard InChI is InChI=1S/C8H10N4O2/c1-13-5-3-4-10-7-6(9)8(14-2)11-12(5)7/h3-4H,9H2,1-2H3. The van der Waals surface area contributed by atoms with Crippen molar-refractivity contribution in [3.63, 3.8) is 0 Å². The zero-order chi connectivity index (χ0) is 10.1. The zero-order valence-electron chi connectivity index (χ0n) is 7.89. The minimum absolute atomic E-state index is 0.349. The van der Waals surface area contributed by atoms with Gasteiger partial charge >= 0.3 is 0 Å². The third kappa shape index (κ3) is 1.04. The molecule has 0 atom stereocenters. The third-order valence-electron chi connectivity index (χ3n) is 1.89. The number of nitrogen functional groups attached to an aromatic ring is 1. The summed E-state index contributed by atoms with van der Waals surface area (Å²) in [5.74, 6) is 0.909. The van der Waals surface area contributed by atoms with Crippen LogP contribution in [0.1, 0.15) is 0 Å². The zero-order valence-corrected chi connectivity index (χ0v) is 7.89. The number of rotatable bonds is 2. The van der Waals surface area contributed by atoms with Crippen molar-refractivity contribution in [2.75, 3.05) is 20.0 Å². The van der Waals surface area contributed by atoms with Crippen molar-refractivity contribution in [1.82, 2.24) is 14.6 Å². The van der Waals surface area contributed by atoms with Gasteiger partial charge in [-0.05, 0) is 0 Å². The minimum Gasteiger partial charge on any atom is -0.481 e. The van der Waals surface area contributed by atoms with Crippen LogP contribution in [0.25, 0.3) is 5.65 Å². The monoisotopic (exact) mass is 194 g/mol. The van der Waals surface area contributed by atoms with Crippen molar-refractivity contribution in [3.05, 3.63) is 12.3 Å². The summed E-state index contributed by atoms with van der Waals surface area (Å²) in [6, 6.07) is 1.69. The molecule has 6 heteroatoms. The maximum atomic E-state index is 5.75. The highest BCUT2D eigenvalue weighted by atomic mass is 16.5. The fraction of sp³-hybridized carbons (Fsp3) is 0.250. The number of nitrogens with zero attached hydrogens (tertiary/aromatic N) is 3. The van der Waals surface area contributed by atoms with E-state index in [2.05, 4.69) is 10.1 Å². The highest BCUT2D eigenvalue weighted by Gasteiger charge is 2.13. The molecular weight excluding hydrogens is 184 g/mol. The molecule has 2 aromatic rings. The Bertz CT molecular complexity index is 466. The average molecular weight is 194 g/mol. The van der Waals surface area contributed by atoms with Crippen molar-refractivity contribution in [1.29, 1.82) is 0 Å². The lowest BCUT2D eigenvalue weighted by atomic mass is 10.5. The first-order valence-corrected chi connectivity index (χ1v) is 3.99. The molecule has 0 radical (unpaired) electrons. The van der Waals surface area contributed by atoms with Gasteiger partial charge in [0.25, 0.3) is 5.88 Å². The SMILES string of the molecule is COc1nn2c(OC)ccnc2c1N. The lowest BCUT2D eigenvalue weighted by molar-refractivity contribution is 0.371. The van der Waals surface area contributed by atoms with Gasteiger partial charge in [0.15, 0.2) is 5.65 Å². The molecule has 0 spiro atoms. The molecular formula is C8H10N4O2. The van der Waals surface area contributed by atoms with E-state index in [-0.39, 0.29) is 0 Å². The molecule has 6 nitrogen and oxygen atoms in total. The van der Waals surface area contributed by atoms with E-state index in [1.54, 1.807) is 19.4 Å². The maximum absolute atomic E-state index is 5.75. The second kappa shape index (κ2) is 3.06. The van der Waals surface area contributed by atoms with E-state index >= 15 is 0 Å². The number of methoxy groups -OCH3 is 2. The molecule has 0 bridgehead atoms. The lowest BCUT2D eigenvalue weighted by Crippen LogP contribution is -1.97. The van der Waals surface area contributed by atoms with Crippen molar-refractivity contribution in [2.24, 2.45) is 0 Å². The van der Waals surface area contributed by atoms with Gasteiger partial charge in [0, 0.05) is 12.3 Å². The van der Waals surface area contributed by atoms with Crippen LogP contribution in [0.15, 0.2) is 12.3 Å². The summed E-state index contributed by atoms with van der Waals surface area (Å²) in [7, 11) is 3.06. The number of anilines is 1. The quantitative estimate of drug-likeness (QED) is 0.745. The topological polar surface area (TPSA) is 74.7 Å². The van der Waals surface area contributed by atoms with E-state index < -0.39 is 0 Å². The van der Waals surface area contributed by atoms with Gasteiger partial charge in [-0.3, -0.25) is 0 Å². The molecule has 0 unspecified atom stereocenters. The molecule has 0 fully saturated rings. The van der Waals surface area contributed by atoms with E-state index in [1.807, 2.05) is 0 Å². The average Bonchev–Trinajstić information content (AvgIpc) is 2.55. The molecule has 0 aromatic carbocycles. The summed E-state index contributed by atoms with van der Waals surface area (Å²) in [5.41, 5.74) is 6.68. The van der Waals surface area contributed by atoms with Crippen LogP contribution in [0.2, 0.25) is 0 Å². The summed E-state index contributed by atoms with van der Waals surface area (Å²) in [4.78, 5) is 4.07. The molecule has 14 heavy (non-hydrogen) atoms. The number of hydrogen-bond donors (Lipinski definition) is 1. The Morgan fingerprint density at radius 3 is 2.79 bits per heavy atom. The summed E-state index contributed by atoms with van der Waals surface area (Å²) in [6.07, 6.45) is 1.60. The Morgan fingerprint density at radius 2 is 2.14 bits per heavy atom. The Hall–Kier alpha value is -1.98. The third-order valence-corrected chi connectivity index (χ3v) is 1.89. The maximum Gasteiger partial charge on any atom is 0.259 e. The van der Waals surface area contributed by atoms with Gasteiger partial charge in [-0.15, -0.1) is 5.10 Å². The van der Waals surface area contributed by atoms with Crippen LogP contribution in [0.4, 0.5) is 5.69 Å². The first-order chi connectivity index (χ1) is 6.77. The largest absolute Gasteiger partial charge is 0.481 e. The van der Waals surface area contributed by atoms with Crippen molar-refractivity contribution >= 4 is 11.3 Å². The number of nitrogens with two attached hydrogens (primary N) is 1. The van der Waals surface area contributed by atoms with E-state index in [0.29, 0.717) is 23.1 Å². The van der Waals surface area contributed by atoms with Crippen LogP contribution in [-0.2, 0) is 0 Å². The first kappa shape index (κ1) is 8.61. The highest BCUT2D eigenvalue weighted by Crippen LogP contribution is 2.25. The first-order valence-electron chi connectivity index (χ1n) is 3.99. The lowest BCUT2D eigenvalue weighted by Gasteiger charge is -2.00. The van der Waals surface area contributed by atoms with Gasteiger partial charge in [0.1, 0.15) is 5.69 Å². The molecule has 2 N–H and O–H groups in total. The Labute approximate surface area is 80.3 Å². The molecule has 0 aliphatic heterocycles. The van der Waals surface area contributed by atoms with Gasteiger partial charge in [-0.2, -0.15) is 4.52 Å². The smallest absolute Gasteiger partial charge is 0.259 e. The van der Waals surface area contributed by atoms with Gasteiger partial charge < -0.3 is 15.2 Å². The Kier molecular flexibility index (Phi) is 1.88. The fourth-order valence-electron chi connectivity index (χ4n) is 1.23. The minimum atomic E-state index is 0.349. The van der Waals surface area contributed by atoms with Crippen LogP contribution < -0.4 is 15.2 Å². The number of hydrogen-bond acceptors (Lipinski definition) is 5.